The van der Waals surface area contributed by atoms with Crippen LogP contribution in [0.5, 0.6) is 0 Å². The topological polar surface area (TPSA) is 56.6 Å². The van der Waals surface area contributed by atoms with Gasteiger partial charge in [0.05, 0.1) is 23.6 Å². The first kappa shape index (κ1) is 20.0. The fraction of sp³-hybridized carbons (Fsp3) is 0.417. The molecule has 162 valence electrons. The summed E-state index contributed by atoms with van der Waals surface area (Å²) in [5.41, 5.74) is 4.65. The van der Waals surface area contributed by atoms with Gasteiger partial charge in [0.1, 0.15) is 5.82 Å². The SMILES string of the molecule is CN1CCN(c2ccc3nc(C4CN(C)C(=O)CN4)n(Cc4ccccc4)c3c2)CC1. The van der Waals surface area contributed by atoms with Gasteiger partial charge in [0.15, 0.2) is 0 Å². The number of rotatable bonds is 4. The number of hydrogen-bond donors (Lipinski definition) is 1. The Morgan fingerprint density at radius 1 is 1.03 bits per heavy atom. The molecule has 1 amide bonds. The number of likely N-dealkylation sites (N-methyl/N-ethyl adjacent to an activating group) is 2. The lowest BCUT2D eigenvalue weighted by Gasteiger charge is -2.34. The fourth-order valence-corrected chi connectivity index (χ4v) is 4.55. The molecular weight excluding hydrogens is 388 g/mol. The Bertz CT molecular complexity index is 1070. The van der Waals surface area contributed by atoms with E-state index in [0.717, 1.165) is 49.6 Å². The minimum Gasteiger partial charge on any atom is -0.369 e. The van der Waals surface area contributed by atoms with Crippen molar-refractivity contribution in [1.29, 1.82) is 0 Å². The van der Waals surface area contributed by atoms with Crippen molar-refractivity contribution >= 4 is 22.6 Å². The van der Waals surface area contributed by atoms with E-state index in [-0.39, 0.29) is 11.9 Å². The fourth-order valence-electron chi connectivity index (χ4n) is 4.55. The summed E-state index contributed by atoms with van der Waals surface area (Å²) in [6.45, 7) is 5.98. The summed E-state index contributed by atoms with van der Waals surface area (Å²) in [6, 6.07) is 17.2. The molecule has 5 rings (SSSR count). The molecule has 1 aromatic heterocycles. The van der Waals surface area contributed by atoms with Gasteiger partial charge in [-0.25, -0.2) is 4.98 Å². The Labute approximate surface area is 183 Å². The highest BCUT2D eigenvalue weighted by Crippen LogP contribution is 2.28. The van der Waals surface area contributed by atoms with Crippen molar-refractivity contribution in [3.63, 3.8) is 0 Å². The molecule has 1 N–H and O–H groups in total. The van der Waals surface area contributed by atoms with E-state index in [4.69, 9.17) is 4.98 Å². The molecule has 0 radical (unpaired) electrons. The van der Waals surface area contributed by atoms with E-state index in [2.05, 4.69) is 69.2 Å². The van der Waals surface area contributed by atoms with E-state index in [9.17, 15) is 4.79 Å². The predicted molar refractivity (Wildman–Crippen MR) is 123 cm³/mol. The molecule has 2 aromatic carbocycles. The predicted octanol–water partition coefficient (Wildman–Crippen LogP) is 1.94. The van der Waals surface area contributed by atoms with Crippen LogP contribution in [-0.4, -0.2) is 78.6 Å². The summed E-state index contributed by atoms with van der Waals surface area (Å²) in [6.07, 6.45) is 0. The van der Waals surface area contributed by atoms with Gasteiger partial charge in [-0.2, -0.15) is 0 Å². The molecule has 0 saturated carbocycles. The molecule has 2 saturated heterocycles. The van der Waals surface area contributed by atoms with Gasteiger partial charge in [-0.15, -0.1) is 0 Å². The maximum Gasteiger partial charge on any atom is 0.236 e. The van der Waals surface area contributed by atoms with Gasteiger partial charge in [0, 0.05) is 52.0 Å². The van der Waals surface area contributed by atoms with Crippen LogP contribution in [0.1, 0.15) is 17.4 Å². The maximum absolute atomic E-state index is 12.0. The van der Waals surface area contributed by atoms with Crippen LogP contribution in [0.15, 0.2) is 48.5 Å². The van der Waals surface area contributed by atoms with Crippen molar-refractivity contribution in [3.05, 3.63) is 59.9 Å². The number of carbonyl (C=O) groups is 1. The van der Waals surface area contributed by atoms with E-state index in [1.54, 1.807) is 4.90 Å². The zero-order valence-electron chi connectivity index (χ0n) is 18.3. The minimum absolute atomic E-state index is 0.0194. The summed E-state index contributed by atoms with van der Waals surface area (Å²) in [5.74, 6) is 1.12. The van der Waals surface area contributed by atoms with Crippen LogP contribution in [0.25, 0.3) is 11.0 Å². The third-order valence-electron chi connectivity index (χ3n) is 6.51. The Kier molecular flexibility index (Phi) is 5.38. The van der Waals surface area contributed by atoms with E-state index in [1.807, 2.05) is 13.1 Å². The lowest BCUT2D eigenvalue weighted by Crippen LogP contribution is -2.48. The molecule has 0 aliphatic carbocycles. The van der Waals surface area contributed by atoms with Gasteiger partial charge < -0.3 is 19.3 Å². The summed E-state index contributed by atoms with van der Waals surface area (Å²) >= 11 is 0. The Morgan fingerprint density at radius 3 is 2.55 bits per heavy atom. The van der Waals surface area contributed by atoms with Crippen molar-refractivity contribution in [2.45, 2.75) is 12.6 Å². The van der Waals surface area contributed by atoms with Gasteiger partial charge in [-0.1, -0.05) is 30.3 Å². The number of hydrogen-bond acceptors (Lipinski definition) is 5. The van der Waals surface area contributed by atoms with Crippen LogP contribution in [0, 0.1) is 0 Å². The van der Waals surface area contributed by atoms with Gasteiger partial charge in [-0.3, -0.25) is 10.1 Å². The first-order valence-corrected chi connectivity index (χ1v) is 11.0. The molecule has 2 fully saturated rings. The standard InChI is InChI=1S/C24H30N6O/c1-27-10-12-29(13-11-27)19-8-9-20-22(14-19)30(16-18-6-4-3-5-7-18)24(26-20)21-17-28(2)23(31)15-25-21/h3-9,14,21,25H,10-13,15-17H2,1-2H3. The third-order valence-corrected chi connectivity index (χ3v) is 6.51. The average Bonchev–Trinajstić information content (AvgIpc) is 3.14. The number of nitrogens with one attached hydrogen (secondary N) is 1. The second kappa shape index (κ2) is 8.32. The largest absolute Gasteiger partial charge is 0.369 e. The summed E-state index contributed by atoms with van der Waals surface area (Å²) in [5, 5.41) is 3.40. The molecule has 7 nitrogen and oxygen atoms in total. The number of fused-ring (bicyclic) bond motifs is 1. The lowest BCUT2D eigenvalue weighted by atomic mass is 10.1. The highest BCUT2D eigenvalue weighted by molar-refractivity contribution is 5.81. The second-order valence-electron chi connectivity index (χ2n) is 8.71. The first-order valence-electron chi connectivity index (χ1n) is 11.0. The van der Waals surface area contributed by atoms with Crippen molar-refractivity contribution in [2.75, 3.05) is 58.3 Å². The van der Waals surface area contributed by atoms with E-state index < -0.39 is 0 Å². The van der Waals surface area contributed by atoms with Crippen LogP contribution in [0.3, 0.4) is 0 Å². The normalized spacial score (nSPS) is 20.6. The average molecular weight is 419 g/mol. The zero-order chi connectivity index (χ0) is 21.4. The van der Waals surface area contributed by atoms with Crippen LogP contribution in [0.4, 0.5) is 5.69 Å². The maximum atomic E-state index is 12.0. The number of aromatic nitrogens is 2. The number of benzene rings is 2. The number of nitrogens with zero attached hydrogens (tertiary/aromatic N) is 5. The molecule has 2 aliphatic rings. The number of anilines is 1. The molecule has 7 heteroatoms. The van der Waals surface area contributed by atoms with Crippen LogP contribution < -0.4 is 10.2 Å². The minimum atomic E-state index is 0.0194. The van der Waals surface area contributed by atoms with Crippen molar-refractivity contribution < 1.29 is 4.79 Å². The third kappa shape index (κ3) is 4.03. The summed E-state index contributed by atoms with van der Waals surface area (Å²) in [7, 11) is 4.05. The molecule has 2 aliphatic heterocycles. The van der Waals surface area contributed by atoms with E-state index in [0.29, 0.717) is 13.1 Å². The number of carbonyl (C=O) groups excluding carboxylic acids is 1. The molecule has 31 heavy (non-hydrogen) atoms. The highest BCUT2D eigenvalue weighted by Gasteiger charge is 2.28. The van der Waals surface area contributed by atoms with Gasteiger partial charge >= 0.3 is 0 Å². The molecular formula is C24H30N6O. The second-order valence-corrected chi connectivity index (χ2v) is 8.71. The van der Waals surface area contributed by atoms with Gasteiger partial charge in [-0.05, 0) is 30.8 Å². The van der Waals surface area contributed by atoms with Crippen LogP contribution >= 0.6 is 0 Å². The zero-order valence-corrected chi connectivity index (χ0v) is 18.3. The smallest absolute Gasteiger partial charge is 0.236 e. The van der Waals surface area contributed by atoms with Crippen molar-refractivity contribution in [2.24, 2.45) is 0 Å². The monoisotopic (exact) mass is 418 g/mol. The summed E-state index contributed by atoms with van der Waals surface area (Å²) in [4.78, 5) is 23.6. The number of piperazine rings is 2. The van der Waals surface area contributed by atoms with Gasteiger partial charge in [0.2, 0.25) is 5.91 Å². The molecule has 3 aromatic rings. The summed E-state index contributed by atoms with van der Waals surface area (Å²) < 4.78 is 2.32. The Morgan fingerprint density at radius 2 is 1.81 bits per heavy atom. The number of imidazole rings is 1. The van der Waals surface area contributed by atoms with Crippen LogP contribution in [0.2, 0.25) is 0 Å². The molecule has 0 spiro atoms. The van der Waals surface area contributed by atoms with Crippen LogP contribution in [-0.2, 0) is 11.3 Å². The Hall–Kier alpha value is -2.90. The molecule has 1 unspecified atom stereocenters. The highest BCUT2D eigenvalue weighted by atomic mass is 16.2. The van der Waals surface area contributed by atoms with Crippen molar-refractivity contribution in [1.82, 2.24) is 24.7 Å². The molecule has 0 bridgehead atoms. The quantitative estimate of drug-likeness (QED) is 0.702. The first-order chi connectivity index (χ1) is 15.1. The lowest BCUT2D eigenvalue weighted by molar-refractivity contribution is -0.131. The Balaban J connectivity index is 1.55. The van der Waals surface area contributed by atoms with E-state index >= 15 is 0 Å². The molecule has 3 heterocycles. The van der Waals surface area contributed by atoms with Gasteiger partial charge in [0.25, 0.3) is 0 Å². The van der Waals surface area contributed by atoms with Crippen molar-refractivity contribution in [3.8, 4) is 0 Å². The number of amides is 1. The van der Waals surface area contributed by atoms with E-state index in [1.165, 1.54) is 11.3 Å². The molecule has 1 atom stereocenters.